The fraction of sp³-hybridized carbons (Fsp3) is 0.417. The number of methoxy groups -OCH3 is 1. The summed E-state index contributed by atoms with van der Waals surface area (Å²) in [4.78, 5) is 26.1. The minimum atomic E-state index is -4.68. The van der Waals surface area contributed by atoms with Gasteiger partial charge in [-0.2, -0.15) is 17.5 Å². The molecule has 2 amide bonds. The van der Waals surface area contributed by atoms with E-state index in [4.69, 9.17) is 16.3 Å². The SMILES string of the molecule is COc1ccc(NC(=O)CN(C)CC(=O)Nc2ccc(Cl)c(C(F)(F)F)c2)cc1S(=O)(=O)N1CCCCC1. The molecular formula is C24H28ClF3N4O5S. The molecule has 1 heterocycles. The lowest BCUT2D eigenvalue weighted by atomic mass is 10.2. The Morgan fingerprint density at radius 2 is 1.55 bits per heavy atom. The highest BCUT2D eigenvalue weighted by molar-refractivity contribution is 7.89. The van der Waals surface area contributed by atoms with Crippen LogP contribution >= 0.6 is 11.6 Å². The standard InChI is InChI=1S/C24H28ClF3N4O5S/c1-31(14-22(33)29-16-6-8-19(25)18(12-16)24(26,27)28)15-23(34)30-17-7-9-20(37-2)21(13-17)38(35,36)32-10-4-3-5-11-32/h6-9,12-13H,3-5,10-11,14-15H2,1-2H3,(H,29,33)(H,30,34). The summed E-state index contributed by atoms with van der Waals surface area (Å²) in [7, 11) is -0.999. The lowest BCUT2D eigenvalue weighted by Gasteiger charge is -2.26. The number of anilines is 2. The fourth-order valence-corrected chi connectivity index (χ4v) is 5.89. The number of alkyl halides is 3. The molecule has 0 radical (unpaired) electrons. The van der Waals surface area contributed by atoms with Gasteiger partial charge in [0.2, 0.25) is 21.8 Å². The number of nitrogens with one attached hydrogen (secondary N) is 2. The van der Waals surface area contributed by atoms with Gasteiger partial charge in [0, 0.05) is 24.5 Å². The van der Waals surface area contributed by atoms with Gasteiger partial charge in [0.25, 0.3) is 0 Å². The third-order valence-electron chi connectivity index (χ3n) is 5.76. The van der Waals surface area contributed by atoms with E-state index >= 15 is 0 Å². The van der Waals surface area contributed by atoms with Crippen LogP contribution in [-0.2, 0) is 25.8 Å². The van der Waals surface area contributed by atoms with Gasteiger partial charge in [0.1, 0.15) is 10.6 Å². The summed E-state index contributed by atoms with van der Waals surface area (Å²) in [6.07, 6.45) is -2.20. The molecule has 14 heteroatoms. The van der Waals surface area contributed by atoms with E-state index in [0.717, 1.165) is 31.4 Å². The van der Waals surface area contributed by atoms with E-state index in [9.17, 15) is 31.2 Å². The molecule has 2 aromatic rings. The highest BCUT2D eigenvalue weighted by Gasteiger charge is 2.33. The van der Waals surface area contributed by atoms with E-state index in [1.54, 1.807) is 0 Å². The average molecular weight is 577 g/mol. The number of likely N-dealkylation sites (N-methyl/N-ethyl adjacent to an activating group) is 1. The molecule has 1 fully saturated rings. The van der Waals surface area contributed by atoms with E-state index in [1.807, 2.05) is 0 Å². The van der Waals surface area contributed by atoms with Crippen molar-refractivity contribution in [2.75, 3.05) is 51.0 Å². The van der Waals surface area contributed by atoms with E-state index in [2.05, 4.69) is 10.6 Å². The van der Waals surface area contributed by atoms with Crippen LogP contribution in [0.1, 0.15) is 24.8 Å². The molecule has 1 aliphatic heterocycles. The monoisotopic (exact) mass is 576 g/mol. The van der Waals surface area contributed by atoms with Crippen LogP contribution in [0, 0.1) is 0 Å². The number of piperidine rings is 1. The number of carbonyl (C=O) groups excluding carboxylic acids is 2. The zero-order chi connectivity index (χ0) is 28.1. The normalized spacial score (nSPS) is 14.8. The zero-order valence-corrected chi connectivity index (χ0v) is 22.3. The van der Waals surface area contributed by atoms with Gasteiger partial charge in [-0.25, -0.2) is 8.42 Å². The van der Waals surface area contributed by atoms with Crippen LogP contribution in [0.3, 0.4) is 0 Å². The molecule has 9 nitrogen and oxygen atoms in total. The summed E-state index contributed by atoms with van der Waals surface area (Å²) in [6, 6.07) is 7.27. The highest BCUT2D eigenvalue weighted by atomic mass is 35.5. The topological polar surface area (TPSA) is 108 Å². The Kier molecular flexibility index (Phi) is 9.63. The van der Waals surface area contributed by atoms with E-state index < -0.39 is 38.6 Å². The minimum absolute atomic E-state index is 0.0615. The number of benzene rings is 2. The van der Waals surface area contributed by atoms with Crippen molar-refractivity contribution in [1.82, 2.24) is 9.21 Å². The van der Waals surface area contributed by atoms with Gasteiger partial charge in [-0.3, -0.25) is 14.5 Å². The van der Waals surface area contributed by atoms with Gasteiger partial charge >= 0.3 is 6.18 Å². The summed E-state index contributed by atoms with van der Waals surface area (Å²) >= 11 is 5.59. The van der Waals surface area contributed by atoms with Crippen LogP contribution in [0.5, 0.6) is 5.75 Å². The second-order valence-electron chi connectivity index (χ2n) is 8.79. The molecule has 2 aromatic carbocycles. The molecule has 0 saturated carbocycles. The van der Waals surface area contributed by atoms with E-state index in [-0.39, 0.29) is 35.1 Å². The molecule has 2 N–H and O–H groups in total. The molecule has 0 bridgehead atoms. The first-order chi connectivity index (χ1) is 17.8. The summed E-state index contributed by atoms with van der Waals surface area (Å²) in [5, 5.41) is 4.46. The summed E-state index contributed by atoms with van der Waals surface area (Å²) in [5.41, 5.74) is -0.943. The molecule has 1 saturated heterocycles. The number of amides is 2. The van der Waals surface area contributed by atoms with Crippen molar-refractivity contribution in [3.05, 3.63) is 47.0 Å². The quantitative estimate of drug-likeness (QED) is 0.466. The molecule has 0 aromatic heterocycles. The van der Waals surface area contributed by atoms with Crippen molar-refractivity contribution >= 4 is 44.8 Å². The third-order valence-corrected chi connectivity index (χ3v) is 8.01. The predicted octanol–water partition coefficient (Wildman–Crippen LogP) is 4.05. The van der Waals surface area contributed by atoms with Crippen molar-refractivity contribution in [1.29, 1.82) is 0 Å². The number of carbonyl (C=O) groups is 2. The maximum absolute atomic E-state index is 13.2. The molecule has 208 valence electrons. The highest BCUT2D eigenvalue weighted by Crippen LogP contribution is 2.36. The lowest BCUT2D eigenvalue weighted by molar-refractivity contribution is -0.137. The van der Waals surface area contributed by atoms with Crippen LogP contribution in [0.4, 0.5) is 24.5 Å². The first-order valence-electron chi connectivity index (χ1n) is 11.6. The van der Waals surface area contributed by atoms with Gasteiger partial charge in [0.05, 0.1) is 30.8 Å². The number of ether oxygens (including phenoxy) is 1. The van der Waals surface area contributed by atoms with Crippen LogP contribution < -0.4 is 15.4 Å². The van der Waals surface area contributed by atoms with Crippen molar-refractivity contribution in [3.8, 4) is 5.75 Å². The Hall–Kier alpha value is -2.87. The molecule has 38 heavy (non-hydrogen) atoms. The van der Waals surface area contributed by atoms with Gasteiger partial charge in [-0.1, -0.05) is 18.0 Å². The molecule has 3 rings (SSSR count). The molecule has 1 aliphatic rings. The van der Waals surface area contributed by atoms with Gasteiger partial charge in [-0.15, -0.1) is 0 Å². The number of sulfonamides is 1. The zero-order valence-electron chi connectivity index (χ0n) is 20.8. The maximum atomic E-state index is 13.2. The molecular weight excluding hydrogens is 549 g/mol. The van der Waals surface area contributed by atoms with Crippen molar-refractivity contribution in [2.24, 2.45) is 0 Å². The fourth-order valence-electron chi connectivity index (χ4n) is 3.97. The second-order valence-corrected chi connectivity index (χ2v) is 11.1. The van der Waals surface area contributed by atoms with E-state index in [0.29, 0.717) is 13.1 Å². The molecule has 0 atom stereocenters. The number of hydrogen-bond acceptors (Lipinski definition) is 6. The number of halogens is 4. The maximum Gasteiger partial charge on any atom is 0.417 e. The van der Waals surface area contributed by atoms with Crippen LogP contribution in [0.25, 0.3) is 0 Å². The second kappa shape index (κ2) is 12.3. The molecule has 0 spiro atoms. The predicted molar refractivity (Wildman–Crippen MR) is 137 cm³/mol. The van der Waals surface area contributed by atoms with Crippen LogP contribution in [-0.4, -0.2) is 69.8 Å². The Bertz CT molecular complexity index is 1280. The van der Waals surface area contributed by atoms with Crippen LogP contribution in [0.15, 0.2) is 41.3 Å². The van der Waals surface area contributed by atoms with Gasteiger partial charge in [0.15, 0.2) is 0 Å². The number of rotatable bonds is 9. The van der Waals surface area contributed by atoms with Crippen LogP contribution in [0.2, 0.25) is 5.02 Å². The Balaban J connectivity index is 1.61. The van der Waals surface area contributed by atoms with Gasteiger partial charge < -0.3 is 15.4 Å². The summed E-state index contributed by atoms with van der Waals surface area (Å²) in [5.74, 6) is -1.02. The van der Waals surface area contributed by atoms with Crippen molar-refractivity contribution in [3.63, 3.8) is 0 Å². The lowest BCUT2D eigenvalue weighted by Crippen LogP contribution is -2.36. The molecule has 0 unspecified atom stereocenters. The Morgan fingerprint density at radius 3 is 2.11 bits per heavy atom. The Labute approximate surface area is 223 Å². The summed E-state index contributed by atoms with van der Waals surface area (Å²) in [6.45, 7) is 0.265. The minimum Gasteiger partial charge on any atom is -0.495 e. The first kappa shape index (κ1) is 29.7. The smallest absolute Gasteiger partial charge is 0.417 e. The van der Waals surface area contributed by atoms with Crippen molar-refractivity contribution < 1.29 is 35.9 Å². The first-order valence-corrected chi connectivity index (χ1v) is 13.5. The number of nitrogens with zero attached hydrogens (tertiary/aromatic N) is 2. The van der Waals surface area contributed by atoms with Crippen molar-refractivity contribution in [2.45, 2.75) is 30.3 Å². The number of hydrogen-bond donors (Lipinski definition) is 2. The van der Waals surface area contributed by atoms with Gasteiger partial charge in [-0.05, 0) is 56.3 Å². The van der Waals surface area contributed by atoms with E-state index in [1.165, 1.54) is 47.6 Å². The largest absolute Gasteiger partial charge is 0.495 e. The average Bonchev–Trinajstić information content (AvgIpc) is 2.84. The summed E-state index contributed by atoms with van der Waals surface area (Å²) < 4.78 is 72.0. The Morgan fingerprint density at radius 1 is 1.00 bits per heavy atom. The third kappa shape index (κ3) is 7.59. The molecule has 0 aliphatic carbocycles.